The van der Waals surface area contributed by atoms with Crippen molar-refractivity contribution in [3.8, 4) is 5.75 Å². The number of nitrogens with zero attached hydrogens (tertiary/aromatic N) is 2. The molecule has 0 spiro atoms. The molecule has 17 heavy (non-hydrogen) atoms. The van der Waals surface area contributed by atoms with Crippen LogP contribution in [0, 0.1) is 0 Å². The van der Waals surface area contributed by atoms with E-state index in [1.807, 2.05) is 31.2 Å². The summed E-state index contributed by atoms with van der Waals surface area (Å²) in [6, 6.07) is 7.49. The molecule has 4 heteroatoms. The van der Waals surface area contributed by atoms with Gasteiger partial charge in [-0.05, 0) is 30.7 Å². The van der Waals surface area contributed by atoms with Gasteiger partial charge >= 0.3 is 0 Å². The van der Waals surface area contributed by atoms with Crippen LogP contribution in [0.25, 0.3) is 6.08 Å². The number of likely N-dealkylation sites (N-methyl/N-ethyl adjacent to an activating group) is 1. The lowest BCUT2D eigenvalue weighted by Gasteiger charge is -2.06. The smallest absolute Gasteiger partial charge is 0.277 e. The van der Waals surface area contributed by atoms with Crippen molar-refractivity contribution in [3.05, 3.63) is 35.5 Å². The zero-order valence-corrected chi connectivity index (χ0v) is 10.1. The molecule has 0 radical (unpaired) electrons. The molecule has 0 atom stereocenters. The highest BCUT2D eigenvalue weighted by Crippen LogP contribution is 2.18. The summed E-state index contributed by atoms with van der Waals surface area (Å²) in [5.41, 5.74) is 1.40. The summed E-state index contributed by atoms with van der Waals surface area (Å²) in [6.45, 7) is 1.81. The quantitative estimate of drug-likeness (QED) is 0.728. The van der Waals surface area contributed by atoms with Crippen molar-refractivity contribution < 1.29 is 9.53 Å². The minimum absolute atomic E-state index is 0.0710. The molecule has 1 amide bonds. The van der Waals surface area contributed by atoms with E-state index in [1.54, 1.807) is 20.2 Å². The fourth-order valence-corrected chi connectivity index (χ4v) is 1.57. The number of carbonyl (C=O) groups excluding carboxylic acids is 1. The summed E-state index contributed by atoms with van der Waals surface area (Å²) < 4.78 is 5.07. The lowest BCUT2D eigenvalue weighted by molar-refractivity contribution is -0.121. The molecule has 0 unspecified atom stereocenters. The van der Waals surface area contributed by atoms with E-state index >= 15 is 0 Å². The second-order valence-electron chi connectivity index (χ2n) is 3.83. The zero-order chi connectivity index (χ0) is 12.4. The molecule has 1 heterocycles. The number of benzene rings is 1. The van der Waals surface area contributed by atoms with Crippen LogP contribution in [-0.2, 0) is 4.79 Å². The third-order valence-electron chi connectivity index (χ3n) is 2.71. The molecule has 0 bridgehead atoms. The molecule has 1 aromatic carbocycles. The SMILES string of the molecule is COc1ccc(/C=C2\N=C(C)N(C)C2=O)cc1. The average molecular weight is 230 g/mol. The van der Waals surface area contributed by atoms with Crippen LogP contribution < -0.4 is 4.74 Å². The Labute approximate surface area is 100 Å². The maximum atomic E-state index is 11.8. The molecule has 0 saturated heterocycles. The number of hydrogen-bond acceptors (Lipinski definition) is 3. The first-order valence-electron chi connectivity index (χ1n) is 5.31. The van der Waals surface area contributed by atoms with Gasteiger partial charge in [0.1, 0.15) is 17.3 Å². The highest BCUT2D eigenvalue weighted by Gasteiger charge is 2.23. The average Bonchev–Trinajstić information content (AvgIpc) is 2.58. The minimum atomic E-state index is -0.0710. The molecule has 0 aromatic heterocycles. The summed E-state index contributed by atoms with van der Waals surface area (Å²) in [7, 11) is 3.34. The largest absolute Gasteiger partial charge is 0.497 e. The van der Waals surface area contributed by atoms with Crippen LogP contribution in [-0.4, -0.2) is 30.8 Å². The molecule has 0 fully saturated rings. The van der Waals surface area contributed by atoms with Crippen LogP contribution in [0.5, 0.6) is 5.75 Å². The number of methoxy groups -OCH3 is 1. The Kier molecular flexibility index (Phi) is 2.95. The van der Waals surface area contributed by atoms with Gasteiger partial charge in [-0.2, -0.15) is 0 Å². The maximum absolute atomic E-state index is 11.8. The van der Waals surface area contributed by atoms with Gasteiger partial charge in [0, 0.05) is 7.05 Å². The molecule has 0 aliphatic carbocycles. The second-order valence-corrected chi connectivity index (χ2v) is 3.83. The highest BCUT2D eigenvalue weighted by atomic mass is 16.5. The van der Waals surface area contributed by atoms with Gasteiger partial charge in [0.05, 0.1) is 7.11 Å². The molecule has 1 aliphatic heterocycles. The van der Waals surface area contributed by atoms with Crippen molar-refractivity contribution >= 4 is 17.8 Å². The topological polar surface area (TPSA) is 41.9 Å². The molecule has 4 nitrogen and oxygen atoms in total. The van der Waals surface area contributed by atoms with Gasteiger partial charge in [-0.15, -0.1) is 0 Å². The van der Waals surface area contributed by atoms with Crippen LogP contribution >= 0.6 is 0 Å². The Morgan fingerprint density at radius 2 is 1.94 bits per heavy atom. The van der Waals surface area contributed by atoms with Gasteiger partial charge in [0.25, 0.3) is 5.91 Å². The van der Waals surface area contributed by atoms with Gasteiger partial charge in [0.2, 0.25) is 0 Å². The first-order valence-corrected chi connectivity index (χ1v) is 5.31. The predicted molar refractivity (Wildman–Crippen MR) is 66.9 cm³/mol. The monoisotopic (exact) mass is 230 g/mol. The van der Waals surface area contributed by atoms with Crippen LogP contribution in [0.4, 0.5) is 0 Å². The van der Waals surface area contributed by atoms with Crippen LogP contribution in [0.2, 0.25) is 0 Å². The van der Waals surface area contributed by atoms with Crippen LogP contribution in [0.3, 0.4) is 0 Å². The molecule has 0 saturated carbocycles. The summed E-state index contributed by atoms with van der Waals surface area (Å²) in [4.78, 5) is 17.5. The Bertz CT molecular complexity index is 501. The fourth-order valence-electron chi connectivity index (χ4n) is 1.57. The Balaban J connectivity index is 2.28. The zero-order valence-electron chi connectivity index (χ0n) is 10.1. The Hall–Kier alpha value is -2.10. The molecule has 2 rings (SSSR count). The van der Waals surface area contributed by atoms with Crippen LogP contribution in [0.15, 0.2) is 35.0 Å². The number of amides is 1. The number of ether oxygens (including phenoxy) is 1. The van der Waals surface area contributed by atoms with Gasteiger partial charge < -0.3 is 4.74 Å². The van der Waals surface area contributed by atoms with E-state index in [9.17, 15) is 4.79 Å². The van der Waals surface area contributed by atoms with Gasteiger partial charge in [-0.25, -0.2) is 4.99 Å². The van der Waals surface area contributed by atoms with E-state index < -0.39 is 0 Å². The Morgan fingerprint density at radius 3 is 2.41 bits per heavy atom. The molecule has 88 valence electrons. The van der Waals surface area contributed by atoms with E-state index in [4.69, 9.17) is 4.74 Å². The number of carbonyl (C=O) groups is 1. The van der Waals surface area contributed by atoms with Crippen LogP contribution in [0.1, 0.15) is 12.5 Å². The lowest BCUT2D eigenvalue weighted by atomic mass is 10.2. The number of aliphatic imine (C=N–C) groups is 1. The summed E-state index contributed by atoms with van der Waals surface area (Å²) in [5.74, 6) is 1.44. The lowest BCUT2D eigenvalue weighted by Crippen LogP contribution is -2.25. The highest BCUT2D eigenvalue weighted by molar-refractivity contribution is 6.13. The summed E-state index contributed by atoms with van der Waals surface area (Å²) in [6.07, 6.45) is 1.77. The van der Waals surface area contributed by atoms with Gasteiger partial charge in [-0.1, -0.05) is 12.1 Å². The standard InChI is InChI=1S/C13H14N2O2/c1-9-14-12(13(16)15(9)2)8-10-4-6-11(17-3)7-5-10/h4-8H,1-3H3/b12-8-. The van der Waals surface area contributed by atoms with E-state index in [0.717, 1.165) is 17.1 Å². The number of amidine groups is 1. The van der Waals surface area contributed by atoms with Crippen molar-refractivity contribution in [2.24, 2.45) is 4.99 Å². The molecular weight excluding hydrogens is 216 g/mol. The van der Waals surface area contributed by atoms with E-state index in [2.05, 4.69) is 4.99 Å². The van der Waals surface area contributed by atoms with Gasteiger partial charge in [-0.3, -0.25) is 9.69 Å². The third-order valence-corrected chi connectivity index (χ3v) is 2.71. The number of rotatable bonds is 2. The summed E-state index contributed by atoms with van der Waals surface area (Å²) >= 11 is 0. The van der Waals surface area contributed by atoms with Crippen molar-refractivity contribution in [2.75, 3.05) is 14.2 Å². The maximum Gasteiger partial charge on any atom is 0.277 e. The molecular formula is C13H14N2O2. The van der Waals surface area contributed by atoms with E-state index in [-0.39, 0.29) is 5.91 Å². The van der Waals surface area contributed by atoms with Crippen molar-refractivity contribution in [3.63, 3.8) is 0 Å². The first-order chi connectivity index (χ1) is 8.11. The van der Waals surface area contributed by atoms with Gasteiger partial charge in [0.15, 0.2) is 0 Å². The van der Waals surface area contributed by atoms with E-state index in [1.165, 1.54) is 4.90 Å². The minimum Gasteiger partial charge on any atom is -0.497 e. The summed E-state index contributed by atoms with van der Waals surface area (Å²) in [5, 5.41) is 0. The normalized spacial score (nSPS) is 17.6. The van der Waals surface area contributed by atoms with Crippen molar-refractivity contribution in [1.29, 1.82) is 0 Å². The third kappa shape index (κ3) is 2.20. The predicted octanol–water partition coefficient (Wildman–Crippen LogP) is 1.93. The first kappa shape index (κ1) is 11.4. The van der Waals surface area contributed by atoms with Crippen molar-refractivity contribution in [1.82, 2.24) is 4.90 Å². The molecule has 1 aromatic rings. The fraction of sp³-hybridized carbons (Fsp3) is 0.231. The van der Waals surface area contributed by atoms with E-state index in [0.29, 0.717) is 5.70 Å². The second kappa shape index (κ2) is 4.41. The van der Waals surface area contributed by atoms with Crippen molar-refractivity contribution in [2.45, 2.75) is 6.92 Å². The molecule has 1 aliphatic rings. The number of hydrogen-bond donors (Lipinski definition) is 0. The molecule has 0 N–H and O–H groups in total. The Morgan fingerprint density at radius 1 is 1.29 bits per heavy atom.